The molecule has 0 spiro atoms. The monoisotopic (exact) mass is 312 g/mol. The molecule has 0 fully saturated rings. The number of benzene rings is 1. The van der Waals surface area contributed by atoms with E-state index < -0.39 is 0 Å². The van der Waals surface area contributed by atoms with Gasteiger partial charge < -0.3 is 10.6 Å². The number of aryl methyl sites for hydroxylation is 2. The summed E-state index contributed by atoms with van der Waals surface area (Å²) in [6, 6.07) is 8.35. The maximum Gasteiger partial charge on any atom is 0.229 e. The van der Waals surface area contributed by atoms with Crippen LogP contribution in [0.2, 0.25) is 0 Å². The second-order valence-corrected chi connectivity index (χ2v) is 6.81. The van der Waals surface area contributed by atoms with Crippen LogP contribution >= 0.6 is 0 Å². The lowest BCUT2D eigenvalue weighted by Gasteiger charge is -2.17. The highest BCUT2D eigenvalue weighted by Crippen LogP contribution is 2.29. The van der Waals surface area contributed by atoms with Gasteiger partial charge in [0.25, 0.3) is 0 Å². The third-order valence-electron chi connectivity index (χ3n) is 3.71. The van der Waals surface area contributed by atoms with Gasteiger partial charge in [-0.3, -0.25) is 0 Å². The van der Waals surface area contributed by atoms with E-state index in [1.807, 2.05) is 13.0 Å². The zero-order valence-corrected chi connectivity index (χ0v) is 15.1. The highest BCUT2D eigenvalue weighted by molar-refractivity contribution is 5.64. The fourth-order valence-corrected chi connectivity index (χ4v) is 2.48. The number of anilines is 3. The van der Waals surface area contributed by atoms with E-state index in [0.29, 0.717) is 17.8 Å². The quantitative estimate of drug-likeness (QED) is 0.785. The zero-order valence-electron chi connectivity index (χ0n) is 15.1. The molecule has 0 aliphatic heterocycles. The van der Waals surface area contributed by atoms with Crippen molar-refractivity contribution in [1.82, 2.24) is 9.97 Å². The van der Waals surface area contributed by atoms with Crippen molar-refractivity contribution < 1.29 is 0 Å². The molecule has 0 saturated carbocycles. The Morgan fingerprint density at radius 3 is 2.43 bits per heavy atom. The predicted molar refractivity (Wildman–Crippen MR) is 98.6 cm³/mol. The van der Waals surface area contributed by atoms with Gasteiger partial charge >= 0.3 is 0 Å². The van der Waals surface area contributed by atoms with Gasteiger partial charge in [-0.2, -0.15) is 4.98 Å². The zero-order chi connectivity index (χ0) is 17.0. The van der Waals surface area contributed by atoms with E-state index in [-0.39, 0.29) is 0 Å². The van der Waals surface area contributed by atoms with E-state index in [2.05, 4.69) is 73.4 Å². The van der Waals surface area contributed by atoms with Gasteiger partial charge in [0.05, 0.1) is 0 Å². The number of hydrogen-bond donors (Lipinski definition) is 2. The summed E-state index contributed by atoms with van der Waals surface area (Å²) in [5.41, 5.74) is 4.56. The van der Waals surface area contributed by atoms with Gasteiger partial charge in [0, 0.05) is 24.0 Å². The average molecular weight is 312 g/mol. The van der Waals surface area contributed by atoms with Crippen LogP contribution in [0.4, 0.5) is 17.5 Å². The fourth-order valence-electron chi connectivity index (χ4n) is 2.48. The minimum Gasteiger partial charge on any atom is -0.370 e. The maximum absolute atomic E-state index is 4.61. The summed E-state index contributed by atoms with van der Waals surface area (Å²) in [5, 5.41) is 6.80. The number of nitrogens with one attached hydrogen (secondary N) is 2. The van der Waals surface area contributed by atoms with Crippen molar-refractivity contribution in [3.8, 4) is 0 Å². The van der Waals surface area contributed by atoms with Crippen molar-refractivity contribution in [2.75, 3.05) is 17.2 Å². The SMILES string of the molecule is Cc1cc(NCC(C)C)nc(Nc2c(C)cccc2C(C)C)n1. The summed E-state index contributed by atoms with van der Waals surface area (Å²) in [6.45, 7) is 13.8. The molecule has 0 amide bonds. The highest BCUT2D eigenvalue weighted by Gasteiger charge is 2.11. The number of aromatic nitrogens is 2. The first-order chi connectivity index (χ1) is 10.9. The van der Waals surface area contributed by atoms with Crippen LogP contribution in [-0.2, 0) is 0 Å². The number of para-hydroxylation sites is 1. The Bertz CT molecular complexity index is 662. The van der Waals surface area contributed by atoms with E-state index in [1.54, 1.807) is 0 Å². The lowest BCUT2D eigenvalue weighted by atomic mass is 9.98. The Labute approximate surface area is 139 Å². The number of rotatable bonds is 6. The lowest BCUT2D eigenvalue weighted by Crippen LogP contribution is -2.11. The second-order valence-electron chi connectivity index (χ2n) is 6.81. The molecule has 124 valence electrons. The molecule has 2 N–H and O–H groups in total. The fraction of sp³-hybridized carbons (Fsp3) is 0.474. The van der Waals surface area contributed by atoms with Crippen LogP contribution in [0.5, 0.6) is 0 Å². The maximum atomic E-state index is 4.61. The molecule has 0 saturated heterocycles. The summed E-state index contributed by atoms with van der Waals surface area (Å²) in [4.78, 5) is 9.14. The standard InChI is InChI=1S/C19H28N4/c1-12(2)11-20-17-10-15(6)21-19(22-17)23-18-14(5)8-7-9-16(18)13(3)4/h7-10,12-13H,11H2,1-6H3,(H2,20,21,22,23). The Hall–Kier alpha value is -2.10. The second kappa shape index (κ2) is 7.44. The molecule has 2 rings (SSSR count). The van der Waals surface area contributed by atoms with Gasteiger partial charge in [-0.1, -0.05) is 45.9 Å². The van der Waals surface area contributed by atoms with Crippen molar-refractivity contribution in [3.05, 3.63) is 41.1 Å². The molecule has 0 atom stereocenters. The lowest BCUT2D eigenvalue weighted by molar-refractivity contribution is 0.687. The van der Waals surface area contributed by atoms with Crippen LogP contribution in [0.1, 0.15) is 50.4 Å². The van der Waals surface area contributed by atoms with Crippen molar-refractivity contribution in [2.24, 2.45) is 5.92 Å². The molecule has 0 aliphatic rings. The van der Waals surface area contributed by atoms with Crippen LogP contribution in [0.25, 0.3) is 0 Å². The first kappa shape index (κ1) is 17.3. The normalized spacial score (nSPS) is 11.1. The summed E-state index contributed by atoms with van der Waals surface area (Å²) in [5.74, 6) is 2.53. The van der Waals surface area contributed by atoms with Gasteiger partial charge in [-0.25, -0.2) is 4.98 Å². The molecule has 1 heterocycles. The number of hydrogen-bond acceptors (Lipinski definition) is 4. The smallest absolute Gasteiger partial charge is 0.229 e. The average Bonchev–Trinajstić information content (AvgIpc) is 2.46. The van der Waals surface area contributed by atoms with E-state index in [9.17, 15) is 0 Å². The molecule has 0 unspecified atom stereocenters. The third kappa shape index (κ3) is 4.68. The van der Waals surface area contributed by atoms with E-state index >= 15 is 0 Å². The molecular formula is C19H28N4. The van der Waals surface area contributed by atoms with Gasteiger partial charge in [0.15, 0.2) is 0 Å². The van der Waals surface area contributed by atoms with Crippen LogP contribution in [0.3, 0.4) is 0 Å². The molecular weight excluding hydrogens is 284 g/mol. The molecule has 1 aromatic carbocycles. The van der Waals surface area contributed by atoms with E-state index in [0.717, 1.165) is 23.7 Å². The van der Waals surface area contributed by atoms with Crippen molar-refractivity contribution in [1.29, 1.82) is 0 Å². The van der Waals surface area contributed by atoms with Gasteiger partial charge in [-0.15, -0.1) is 0 Å². The first-order valence-corrected chi connectivity index (χ1v) is 8.33. The Morgan fingerprint density at radius 1 is 1.04 bits per heavy atom. The molecule has 4 nitrogen and oxygen atoms in total. The molecule has 1 aromatic heterocycles. The molecule has 0 bridgehead atoms. The van der Waals surface area contributed by atoms with Crippen LogP contribution in [0.15, 0.2) is 24.3 Å². The summed E-state index contributed by atoms with van der Waals surface area (Å²) in [7, 11) is 0. The molecule has 23 heavy (non-hydrogen) atoms. The molecule has 4 heteroatoms. The van der Waals surface area contributed by atoms with Crippen molar-refractivity contribution in [3.63, 3.8) is 0 Å². The van der Waals surface area contributed by atoms with Gasteiger partial charge in [-0.05, 0) is 36.8 Å². The van der Waals surface area contributed by atoms with Gasteiger partial charge in [0.2, 0.25) is 5.95 Å². The predicted octanol–water partition coefficient (Wildman–Crippen LogP) is 5.03. The number of nitrogens with zero attached hydrogens (tertiary/aromatic N) is 2. The van der Waals surface area contributed by atoms with Crippen molar-refractivity contribution in [2.45, 2.75) is 47.5 Å². The van der Waals surface area contributed by atoms with Crippen LogP contribution < -0.4 is 10.6 Å². The Balaban J connectivity index is 2.30. The molecule has 0 aliphatic carbocycles. The minimum absolute atomic E-state index is 0.445. The molecule has 0 radical (unpaired) electrons. The van der Waals surface area contributed by atoms with Crippen LogP contribution in [-0.4, -0.2) is 16.5 Å². The van der Waals surface area contributed by atoms with E-state index in [1.165, 1.54) is 11.1 Å². The molecule has 2 aromatic rings. The van der Waals surface area contributed by atoms with Gasteiger partial charge in [0.1, 0.15) is 5.82 Å². The van der Waals surface area contributed by atoms with E-state index in [4.69, 9.17) is 0 Å². The Kier molecular flexibility index (Phi) is 5.59. The largest absolute Gasteiger partial charge is 0.370 e. The summed E-state index contributed by atoms with van der Waals surface area (Å²) >= 11 is 0. The third-order valence-corrected chi connectivity index (χ3v) is 3.71. The van der Waals surface area contributed by atoms with Crippen LogP contribution in [0, 0.1) is 19.8 Å². The first-order valence-electron chi connectivity index (χ1n) is 8.33. The summed E-state index contributed by atoms with van der Waals surface area (Å²) in [6.07, 6.45) is 0. The summed E-state index contributed by atoms with van der Waals surface area (Å²) < 4.78 is 0. The topological polar surface area (TPSA) is 49.8 Å². The van der Waals surface area contributed by atoms with Crippen molar-refractivity contribution >= 4 is 17.5 Å². The minimum atomic E-state index is 0.445. The highest BCUT2D eigenvalue weighted by atomic mass is 15.1. The Morgan fingerprint density at radius 2 is 1.78 bits per heavy atom.